The maximum absolute atomic E-state index is 11.8. The molecular weight excluding hydrogens is 186 g/mol. The second-order valence-corrected chi connectivity index (χ2v) is 5.09. The number of fused-ring (bicyclic) bond motifs is 2. The average Bonchev–Trinajstić information content (AvgIpc) is 2.26. The van der Waals surface area contributed by atoms with E-state index in [-0.39, 0.29) is 29.3 Å². The first-order valence-electron chi connectivity index (χ1n) is 4.71. The average molecular weight is 204 g/mol. The highest BCUT2D eigenvalue weighted by Crippen LogP contribution is 2.62. The summed E-state index contributed by atoms with van der Waals surface area (Å²) in [6.07, 6.45) is 2.17. The Hall–Kier alpha value is -0.0800. The molecule has 2 aliphatic carbocycles. The van der Waals surface area contributed by atoms with Gasteiger partial charge in [0.1, 0.15) is 0 Å². The second kappa shape index (κ2) is 2.71. The third-order valence-electron chi connectivity index (χ3n) is 4.58. The van der Waals surface area contributed by atoms with Crippen molar-refractivity contribution in [1.82, 2.24) is 0 Å². The lowest BCUT2D eigenvalue weighted by molar-refractivity contribution is -0.129. The fraction of sp³-hybridized carbons (Fsp3) is 0.900. The summed E-state index contributed by atoms with van der Waals surface area (Å²) in [7, 11) is 0. The van der Waals surface area contributed by atoms with E-state index in [1.54, 1.807) is 0 Å². The Balaban J connectivity index is 0.000000845. The third kappa shape index (κ3) is 0.962. The highest BCUT2D eigenvalue weighted by Gasteiger charge is 2.65. The van der Waals surface area contributed by atoms with Crippen molar-refractivity contribution in [3.05, 3.63) is 0 Å². The standard InChI is InChI=1S/C10H17NO.ClH/c1-9(2)6-4-5-10(9,3)8(12)7(6)11;/h6-7H,4-5,11H2,1-3H3;1H/t6-,7+,10+;/m1./s1. The number of carbonyl (C=O) groups excluding carboxylic acids is 1. The van der Waals surface area contributed by atoms with Gasteiger partial charge < -0.3 is 5.73 Å². The van der Waals surface area contributed by atoms with E-state index in [2.05, 4.69) is 20.8 Å². The molecule has 3 heteroatoms. The topological polar surface area (TPSA) is 43.1 Å². The molecule has 76 valence electrons. The van der Waals surface area contributed by atoms with Crippen molar-refractivity contribution in [2.75, 3.05) is 0 Å². The van der Waals surface area contributed by atoms with Crippen LogP contribution in [0.2, 0.25) is 0 Å². The van der Waals surface area contributed by atoms with Crippen LogP contribution in [-0.2, 0) is 4.79 Å². The number of nitrogens with two attached hydrogens (primary N) is 1. The molecule has 0 aromatic rings. The van der Waals surface area contributed by atoms with Gasteiger partial charge in [-0.25, -0.2) is 0 Å². The van der Waals surface area contributed by atoms with Crippen molar-refractivity contribution in [1.29, 1.82) is 0 Å². The van der Waals surface area contributed by atoms with E-state index < -0.39 is 0 Å². The van der Waals surface area contributed by atoms with Crippen molar-refractivity contribution < 1.29 is 4.79 Å². The molecule has 3 atom stereocenters. The molecule has 2 saturated carbocycles. The van der Waals surface area contributed by atoms with Gasteiger partial charge in [-0.05, 0) is 24.2 Å². The molecule has 0 unspecified atom stereocenters. The van der Waals surface area contributed by atoms with Gasteiger partial charge in [-0.2, -0.15) is 0 Å². The molecule has 0 aliphatic heterocycles. The first-order valence-corrected chi connectivity index (χ1v) is 4.71. The predicted octanol–water partition coefficient (Wildman–Crippen LogP) is 1.76. The van der Waals surface area contributed by atoms with Gasteiger partial charge in [0.15, 0.2) is 5.78 Å². The summed E-state index contributed by atoms with van der Waals surface area (Å²) in [6.45, 7) is 6.47. The first kappa shape index (κ1) is 11.0. The van der Waals surface area contributed by atoms with E-state index in [0.717, 1.165) is 12.8 Å². The van der Waals surface area contributed by atoms with E-state index in [1.807, 2.05) is 0 Å². The summed E-state index contributed by atoms with van der Waals surface area (Å²) in [6, 6.07) is -0.182. The van der Waals surface area contributed by atoms with Crippen LogP contribution in [0.3, 0.4) is 0 Å². The first-order chi connectivity index (χ1) is 5.41. The lowest BCUT2D eigenvalue weighted by Crippen LogP contribution is -2.39. The highest BCUT2D eigenvalue weighted by atomic mass is 35.5. The largest absolute Gasteiger partial charge is 0.321 e. The Kier molecular flexibility index (Phi) is 2.29. The lowest BCUT2D eigenvalue weighted by Gasteiger charge is -2.32. The van der Waals surface area contributed by atoms with Crippen LogP contribution in [0.1, 0.15) is 33.6 Å². The number of Topliss-reactive ketones (excluding diaryl/α,β-unsaturated/α-hetero) is 1. The van der Waals surface area contributed by atoms with Crippen LogP contribution in [0.15, 0.2) is 0 Å². The molecule has 2 N–H and O–H groups in total. The smallest absolute Gasteiger partial charge is 0.156 e. The number of rotatable bonds is 0. The minimum atomic E-state index is -0.182. The van der Waals surface area contributed by atoms with E-state index in [1.165, 1.54) is 0 Å². The number of halogens is 1. The van der Waals surface area contributed by atoms with Crippen molar-refractivity contribution in [3.63, 3.8) is 0 Å². The van der Waals surface area contributed by atoms with Crippen molar-refractivity contribution >= 4 is 18.2 Å². The molecule has 0 spiro atoms. The van der Waals surface area contributed by atoms with E-state index in [0.29, 0.717) is 11.7 Å². The maximum atomic E-state index is 11.8. The Morgan fingerprint density at radius 3 is 2.15 bits per heavy atom. The number of hydrogen-bond acceptors (Lipinski definition) is 2. The van der Waals surface area contributed by atoms with Gasteiger partial charge in [0.05, 0.1) is 6.04 Å². The van der Waals surface area contributed by atoms with Gasteiger partial charge in [0.25, 0.3) is 0 Å². The molecule has 0 amide bonds. The van der Waals surface area contributed by atoms with Crippen molar-refractivity contribution in [3.8, 4) is 0 Å². The Morgan fingerprint density at radius 2 is 1.92 bits per heavy atom. The second-order valence-electron chi connectivity index (χ2n) is 5.09. The van der Waals surface area contributed by atoms with E-state index >= 15 is 0 Å². The van der Waals surface area contributed by atoms with Gasteiger partial charge in [0.2, 0.25) is 0 Å². The lowest BCUT2D eigenvalue weighted by atomic mass is 9.70. The van der Waals surface area contributed by atoms with Crippen molar-refractivity contribution in [2.24, 2.45) is 22.5 Å². The monoisotopic (exact) mass is 203 g/mol. The Morgan fingerprint density at radius 1 is 1.38 bits per heavy atom. The zero-order valence-electron chi connectivity index (χ0n) is 8.46. The number of carbonyl (C=O) groups is 1. The molecule has 0 aromatic heterocycles. The summed E-state index contributed by atoms with van der Waals surface area (Å²) >= 11 is 0. The molecule has 13 heavy (non-hydrogen) atoms. The summed E-state index contributed by atoms with van der Waals surface area (Å²) in [5, 5.41) is 0. The van der Waals surface area contributed by atoms with Gasteiger partial charge in [-0.3, -0.25) is 4.79 Å². The predicted molar refractivity (Wildman–Crippen MR) is 54.8 cm³/mol. The molecule has 2 nitrogen and oxygen atoms in total. The summed E-state index contributed by atoms with van der Waals surface area (Å²) in [5.41, 5.74) is 5.88. The van der Waals surface area contributed by atoms with E-state index in [4.69, 9.17) is 5.73 Å². The number of hydrogen-bond donors (Lipinski definition) is 1. The SMILES string of the molecule is CC1(C)[C@@H]2CC[C@@]1(C)C(=O)[C@H]2N.Cl. The molecule has 0 saturated heterocycles. The molecule has 2 bridgehead atoms. The molecular formula is C10H18ClNO. The van der Waals surface area contributed by atoms with E-state index in [9.17, 15) is 4.79 Å². The molecule has 0 heterocycles. The molecule has 2 rings (SSSR count). The molecule has 0 aromatic carbocycles. The highest BCUT2D eigenvalue weighted by molar-refractivity contribution is 5.94. The normalized spacial score (nSPS) is 46.3. The quantitative estimate of drug-likeness (QED) is 0.652. The summed E-state index contributed by atoms with van der Waals surface area (Å²) in [4.78, 5) is 11.8. The molecule has 0 radical (unpaired) electrons. The van der Waals surface area contributed by atoms with Gasteiger partial charge in [-0.15, -0.1) is 12.4 Å². The number of ketones is 1. The van der Waals surface area contributed by atoms with Crippen LogP contribution in [0, 0.1) is 16.7 Å². The van der Waals surface area contributed by atoms with Crippen LogP contribution >= 0.6 is 12.4 Å². The third-order valence-corrected chi connectivity index (χ3v) is 4.58. The molecule has 2 fully saturated rings. The van der Waals surface area contributed by atoms with Gasteiger partial charge >= 0.3 is 0 Å². The van der Waals surface area contributed by atoms with Gasteiger partial charge in [-0.1, -0.05) is 20.8 Å². The minimum absolute atomic E-state index is 0. The van der Waals surface area contributed by atoms with Crippen molar-refractivity contribution in [2.45, 2.75) is 39.7 Å². The van der Waals surface area contributed by atoms with Gasteiger partial charge in [0, 0.05) is 5.41 Å². The Bertz CT molecular complexity index is 251. The minimum Gasteiger partial charge on any atom is -0.321 e. The fourth-order valence-electron chi connectivity index (χ4n) is 3.16. The zero-order valence-corrected chi connectivity index (χ0v) is 9.28. The van der Waals surface area contributed by atoms with Crippen LogP contribution in [0.4, 0.5) is 0 Å². The Labute approximate surface area is 85.7 Å². The summed E-state index contributed by atoms with van der Waals surface area (Å²) < 4.78 is 0. The van der Waals surface area contributed by atoms with Crippen LogP contribution < -0.4 is 5.73 Å². The zero-order chi connectivity index (χ0) is 9.15. The summed E-state index contributed by atoms with van der Waals surface area (Å²) in [5.74, 6) is 0.721. The fourth-order valence-corrected chi connectivity index (χ4v) is 3.16. The maximum Gasteiger partial charge on any atom is 0.156 e. The van der Waals surface area contributed by atoms with Crippen LogP contribution in [-0.4, -0.2) is 11.8 Å². The van der Waals surface area contributed by atoms with Crippen LogP contribution in [0.5, 0.6) is 0 Å². The molecule has 2 aliphatic rings. The van der Waals surface area contributed by atoms with Crippen LogP contribution in [0.25, 0.3) is 0 Å².